The third-order valence-electron chi connectivity index (χ3n) is 2.96. The van der Waals surface area contributed by atoms with E-state index < -0.39 is 0 Å². The summed E-state index contributed by atoms with van der Waals surface area (Å²) >= 11 is 1.98. The highest BCUT2D eigenvalue weighted by Gasteiger charge is 2.13. The van der Waals surface area contributed by atoms with E-state index in [2.05, 4.69) is 18.0 Å². The first-order chi connectivity index (χ1) is 7.86. The average molecular weight is 237 g/mol. The predicted molar refractivity (Wildman–Crippen MR) is 68.7 cm³/mol. The third kappa shape index (κ3) is 3.49. The zero-order valence-electron chi connectivity index (χ0n) is 9.82. The molecule has 0 radical (unpaired) electrons. The van der Waals surface area contributed by atoms with Crippen molar-refractivity contribution < 1.29 is 4.74 Å². The van der Waals surface area contributed by atoms with Gasteiger partial charge in [0.05, 0.1) is 12.3 Å². The van der Waals surface area contributed by atoms with Crippen molar-refractivity contribution in [2.24, 2.45) is 5.92 Å². The van der Waals surface area contributed by atoms with Crippen LogP contribution in [0.1, 0.15) is 24.1 Å². The summed E-state index contributed by atoms with van der Waals surface area (Å²) in [7, 11) is 0. The lowest BCUT2D eigenvalue weighted by atomic mass is 10.1. The van der Waals surface area contributed by atoms with Crippen molar-refractivity contribution in [2.45, 2.75) is 25.5 Å². The maximum Gasteiger partial charge on any atom is 0.0531 e. The molecule has 2 heterocycles. The lowest BCUT2D eigenvalue weighted by Gasteiger charge is -2.21. The molecule has 0 N–H and O–H groups in total. The van der Waals surface area contributed by atoms with Crippen LogP contribution in [0.25, 0.3) is 0 Å². The zero-order chi connectivity index (χ0) is 11.2. The highest BCUT2D eigenvalue weighted by atomic mass is 32.2. The average Bonchev–Trinajstić information content (AvgIpc) is 2.33. The van der Waals surface area contributed by atoms with Gasteiger partial charge in [0.1, 0.15) is 0 Å². The lowest BCUT2D eigenvalue weighted by molar-refractivity contribution is 0.0632. The monoisotopic (exact) mass is 237 g/mol. The summed E-state index contributed by atoms with van der Waals surface area (Å²) in [6.07, 6.45) is 4.44. The van der Waals surface area contributed by atoms with Crippen LogP contribution in [-0.4, -0.2) is 24.0 Å². The Morgan fingerprint density at radius 1 is 1.56 bits per heavy atom. The van der Waals surface area contributed by atoms with Gasteiger partial charge in [-0.25, -0.2) is 0 Å². The van der Waals surface area contributed by atoms with Crippen LogP contribution >= 0.6 is 11.8 Å². The minimum absolute atomic E-state index is 0.753. The molecule has 1 aliphatic heterocycles. The second kappa shape index (κ2) is 6.26. The number of pyridine rings is 1. The van der Waals surface area contributed by atoms with E-state index in [9.17, 15) is 0 Å². The molecule has 0 spiro atoms. The van der Waals surface area contributed by atoms with Crippen LogP contribution in [0, 0.1) is 12.8 Å². The molecule has 0 bridgehead atoms. The molecule has 1 aliphatic rings. The molecule has 16 heavy (non-hydrogen) atoms. The Bertz CT molecular complexity index is 323. The molecule has 0 unspecified atom stereocenters. The molecule has 0 amide bonds. The molecule has 0 aliphatic carbocycles. The first-order valence-corrected chi connectivity index (χ1v) is 7.07. The fourth-order valence-electron chi connectivity index (χ4n) is 1.93. The number of thioether (sulfide) groups is 1. The van der Waals surface area contributed by atoms with E-state index in [0.717, 1.165) is 24.9 Å². The Labute approximate surface area is 102 Å². The van der Waals surface area contributed by atoms with Gasteiger partial charge in [0.25, 0.3) is 0 Å². The number of ether oxygens (including phenoxy) is 1. The largest absolute Gasteiger partial charge is 0.381 e. The standard InChI is InChI=1S/C13H19NOS/c1-11-4-2-6-14-13(11)10-16-9-12-5-3-7-15-8-12/h2,4,6,12H,3,5,7-10H2,1H3/t12-/m0/s1. The normalized spacial score (nSPS) is 20.9. The van der Waals surface area contributed by atoms with Gasteiger partial charge >= 0.3 is 0 Å². The van der Waals surface area contributed by atoms with Crippen LogP contribution < -0.4 is 0 Å². The summed E-state index contributed by atoms with van der Waals surface area (Å²) < 4.78 is 5.48. The van der Waals surface area contributed by atoms with E-state index in [1.807, 2.05) is 24.0 Å². The van der Waals surface area contributed by atoms with Crippen LogP contribution in [0.15, 0.2) is 18.3 Å². The van der Waals surface area contributed by atoms with Gasteiger partial charge < -0.3 is 4.74 Å². The van der Waals surface area contributed by atoms with E-state index in [1.165, 1.54) is 29.9 Å². The molecule has 0 saturated carbocycles. The maximum absolute atomic E-state index is 5.48. The molecular formula is C13H19NOS. The summed E-state index contributed by atoms with van der Waals surface area (Å²) in [6, 6.07) is 4.13. The minimum atomic E-state index is 0.753. The Morgan fingerprint density at radius 2 is 2.50 bits per heavy atom. The molecule has 2 rings (SSSR count). The van der Waals surface area contributed by atoms with Gasteiger partial charge in [-0.15, -0.1) is 0 Å². The number of rotatable bonds is 4. The van der Waals surface area contributed by atoms with Crippen molar-refractivity contribution in [3.63, 3.8) is 0 Å². The predicted octanol–water partition coefficient (Wildman–Crippen LogP) is 3.05. The second-order valence-corrected chi connectivity index (χ2v) is 5.40. The summed E-state index contributed by atoms with van der Waals surface area (Å²) in [4.78, 5) is 4.41. The topological polar surface area (TPSA) is 22.1 Å². The van der Waals surface area contributed by atoms with Gasteiger partial charge in [0.15, 0.2) is 0 Å². The molecule has 88 valence electrons. The number of hydrogen-bond donors (Lipinski definition) is 0. The summed E-state index contributed by atoms with van der Waals surface area (Å²) in [5.41, 5.74) is 2.53. The van der Waals surface area contributed by atoms with E-state index in [0.29, 0.717) is 0 Å². The number of aryl methyl sites for hydroxylation is 1. The summed E-state index contributed by atoms with van der Waals surface area (Å²) in [5, 5.41) is 0. The number of hydrogen-bond acceptors (Lipinski definition) is 3. The minimum Gasteiger partial charge on any atom is -0.381 e. The Morgan fingerprint density at radius 3 is 3.25 bits per heavy atom. The van der Waals surface area contributed by atoms with Crippen molar-refractivity contribution in [2.75, 3.05) is 19.0 Å². The van der Waals surface area contributed by atoms with Crippen molar-refractivity contribution in [1.29, 1.82) is 0 Å². The van der Waals surface area contributed by atoms with Crippen LogP contribution in [-0.2, 0) is 10.5 Å². The van der Waals surface area contributed by atoms with Gasteiger partial charge in [-0.2, -0.15) is 11.8 Å². The SMILES string of the molecule is Cc1cccnc1CSC[C@H]1CCCOC1. The molecule has 1 aromatic rings. The molecule has 1 saturated heterocycles. The van der Waals surface area contributed by atoms with Crippen LogP contribution in [0.3, 0.4) is 0 Å². The van der Waals surface area contributed by atoms with Crippen molar-refractivity contribution in [1.82, 2.24) is 4.98 Å². The van der Waals surface area contributed by atoms with Crippen LogP contribution in [0.5, 0.6) is 0 Å². The Balaban J connectivity index is 1.73. The van der Waals surface area contributed by atoms with Crippen molar-refractivity contribution in [3.8, 4) is 0 Å². The van der Waals surface area contributed by atoms with E-state index in [1.54, 1.807) is 0 Å². The van der Waals surface area contributed by atoms with Gasteiger partial charge in [0.2, 0.25) is 0 Å². The number of nitrogens with zero attached hydrogens (tertiary/aromatic N) is 1. The van der Waals surface area contributed by atoms with E-state index in [-0.39, 0.29) is 0 Å². The molecule has 1 atom stereocenters. The molecule has 0 aromatic carbocycles. The first-order valence-electron chi connectivity index (χ1n) is 5.92. The van der Waals surface area contributed by atoms with Gasteiger partial charge in [0, 0.05) is 18.6 Å². The first kappa shape index (κ1) is 11.9. The molecule has 1 aromatic heterocycles. The zero-order valence-corrected chi connectivity index (χ0v) is 10.6. The highest BCUT2D eigenvalue weighted by Crippen LogP contribution is 2.21. The highest BCUT2D eigenvalue weighted by molar-refractivity contribution is 7.98. The molecule has 2 nitrogen and oxygen atoms in total. The Kier molecular flexibility index (Phi) is 4.67. The van der Waals surface area contributed by atoms with Gasteiger partial charge in [-0.05, 0) is 43.1 Å². The van der Waals surface area contributed by atoms with Crippen LogP contribution in [0.4, 0.5) is 0 Å². The summed E-state index contributed by atoms with van der Waals surface area (Å²) in [5.74, 6) is 2.99. The fraction of sp³-hybridized carbons (Fsp3) is 0.615. The maximum atomic E-state index is 5.48. The third-order valence-corrected chi connectivity index (χ3v) is 4.15. The van der Waals surface area contributed by atoms with Crippen molar-refractivity contribution >= 4 is 11.8 Å². The van der Waals surface area contributed by atoms with Gasteiger partial charge in [-0.1, -0.05) is 6.07 Å². The molecule has 3 heteroatoms. The lowest BCUT2D eigenvalue weighted by Crippen LogP contribution is -2.19. The number of aromatic nitrogens is 1. The Hall–Kier alpha value is -0.540. The second-order valence-electron chi connectivity index (χ2n) is 4.37. The fourth-order valence-corrected chi connectivity index (χ4v) is 3.14. The summed E-state index contributed by atoms with van der Waals surface area (Å²) in [6.45, 7) is 4.04. The smallest absolute Gasteiger partial charge is 0.0531 e. The quantitative estimate of drug-likeness (QED) is 0.803. The van der Waals surface area contributed by atoms with Crippen LogP contribution in [0.2, 0.25) is 0 Å². The molecular weight excluding hydrogens is 218 g/mol. The van der Waals surface area contributed by atoms with Gasteiger partial charge in [-0.3, -0.25) is 4.98 Å². The van der Waals surface area contributed by atoms with Crippen molar-refractivity contribution in [3.05, 3.63) is 29.6 Å². The molecule has 1 fully saturated rings. The van der Waals surface area contributed by atoms with E-state index >= 15 is 0 Å². The van der Waals surface area contributed by atoms with E-state index in [4.69, 9.17) is 4.74 Å².